The number of hydrogen-bond acceptors (Lipinski definition) is 3. The minimum Gasteiger partial charge on any atom is -0.312 e. The van der Waals surface area contributed by atoms with Gasteiger partial charge in [-0.05, 0) is 58.9 Å². The Labute approximate surface area is 106 Å². The molecule has 1 unspecified atom stereocenters. The lowest BCUT2D eigenvalue weighted by Crippen LogP contribution is -2.45. The minimum absolute atomic E-state index is 0.265. The third-order valence-electron chi connectivity index (χ3n) is 3.14. The van der Waals surface area contributed by atoms with Gasteiger partial charge < -0.3 is 10.2 Å². The van der Waals surface area contributed by atoms with E-state index in [-0.39, 0.29) is 5.54 Å². The van der Waals surface area contributed by atoms with Crippen LogP contribution >= 0.6 is 11.8 Å². The molecule has 0 saturated carbocycles. The third-order valence-corrected chi connectivity index (χ3v) is 3.73. The monoisotopic (exact) mass is 244 g/mol. The van der Waals surface area contributed by atoms with E-state index < -0.39 is 0 Å². The van der Waals surface area contributed by atoms with Gasteiger partial charge in [0.25, 0.3) is 0 Å². The van der Waals surface area contributed by atoms with Crippen LogP contribution in [0.25, 0.3) is 0 Å². The largest absolute Gasteiger partial charge is 0.312 e. The summed E-state index contributed by atoms with van der Waals surface area (Å²) in [4.78, 5) is 2.63. The molecule has 1 atom stereocenters. The zero-order valence-electron chi connectivity index (χ0n) is 11.4. The first-order valence-corrected chi connectivity index (χ1v) is 7.87. The highest BCUT2D eigenvalue weighted by Crippen LogP contribution is 2.16. The quantitative estimate of drug-likeness (QED) is 0.800. The van der Waals surface area contributed by atoms with Crippen molar-refractivity contribution in [2.75, 3.05) is 38.2 Å². The Morgan fingerprint density at radius 3 is 2.75 bits per heavy atom. The summed E-state index contributed by atoms with van der Waals surface area (Å²) in [6.07, 6.45) is 4.98. The first-order chi connectivity index (χ1) is 7.51. The van der Waals surface area contributed by atoms with Crippen molar-refractivity contribution in [3.63, 3.8) is 0 Å². The van der Waals surface area contributed by atoms with Crippen LogP contribution in [0.1, 0.15) is 33.6 Å². The van der Waals surface area contributed by atoms with Gasteiger partial charge in [0, 0.05) is 24.4 Å². The summed E-state index contributed by atoms with van der Waals surface area (Å²) < 4.78 is 0. The summed E-state index contributed by atoms with van der Waals surface area (Å²) >= 11 is 1.96. The standard InChI is InChI=1S/C13H28N2S/c1-13(2,3)14-10-12-6-5-7-15(11-12)8-9-16-4/h12,14H,5-11H2,1-4H3. The van der Waals surface area contributed by atoms with E-state index in [9.17, 15) is 0 Å². The molecule has 0 aromatic rings. The Morgan fingerprint density at radius 2 is 2.12 bits per heavy atom. The van der Waals surface area contributed by atoms with Crippen LogP contribution in [0.4, 0.5) is 0 Å². The molecule has 1 aliphatic heterocycles. The molecule has 16 heavy (non-hydrogen) atoms. The van der Waals surface area contributed by atoms with E-state index in [1.165, 1.54) is 44.8 Å². The molecule has 0 spiro atoms. The summed E-state index contributed by atoms with van der Waals surface area (Å²) in [5, 5.41) is 3.64. The summed E-state index contributed by atoms with van der Waals surface area (Å²) in [6.45, 7) is 11.8. The van der Waals surface area contributed by atoms with Gasteiger partial charge in [0.1, 0.15) is 0 Å². The van der Waals surface area contributed by atoms with Gasteiger partial charge in [-0.15, -0.1) is 0 Å². The zero-order chi connectivity index (χ0) is 12.0. The first kappa shape index (κ1) is 14.3. The molecule has 0 radical (unpaired) electrons. The fourth-order valence-corrected chi connectivity index (χ4v) is 2.63. The van der Waals surface area contributed by atoms with E-state index in [0.717, 1.165) is 5.92 Å². The van der Waals surface area contributed by atoms with E-state index in [0.29, 0.717) is 0 Å². The highest BCUT2D eigenvalue weighted by molar-refractivity contribution is 7.98. The average Bonchev–Trinajstić information content (AvgIpc) is 2.23. The van der Waals surface area contributed by atoms with Crippen molar-refractivity contribution in [3.05, 3.63) is 0 Å². The Hall–Kier alpha value is 0.270. The SMILES string of the molecule is CSCCN1CCCC(CNC(C)(C)C)C1. The maximum Gasteiger partial charge on any atom is 0.00966 e. The average molecular weight is 244 g/mol. The van der Waals surface area contributed by atoms with Crippen molar-refractivity contribution >= 4 is 11.8 Å². The van der Waals surface area contributed by atoms with Gasteiger partial charge in [-0.25, -0.2) is 0 Å². The van der Waals surface area contributed by atoms with Crippen molar-refractivity contribution in [2.45, 2.75) is 39.2 Å². The van der Waals surface area contributed by atoms with E-state index in [1.807, 2.05) is 11.8 Å². The molecule has 0 aromatic carbocycles. The van der Waals surface area contributed by atoms with Gasteiger partial charge in [-0.1, -0.05) is 0 Å². The van der Waals surface area contributed by atoms with Crippen LogP contribution in [0.15, 0.2) is 0 Å². The van der Waals surface area contributed by atoms with Crippen molar-refractivity contribution in [2.24, 2.45) is 5.92 Å². The third kappa shape index (κ3) is 6.12. The molecule has 1 aliphatic rings. The van der Waals surface area contributed by atoms with Gasteiger partial charge in [0.2, 0.25) is 0 Å². The van der Waals surface area contributed by atoms with Gasteiger partial charge in [-0.3, -0.25) is 0 Å². The van der Waals surface area contributed by atoms with Crippen molar-refractivity contribution in [1.82, 2.24) is 10.2 Å². The van der Waals surface area contributed by atoms with E-state index in [1.54, 1.807) is 0 Å². The summed E-state index contributed by atoms with van der Waals surface area (Å²) in [6, 6.07) is 0. The minimum atomic E-state index is 0.265. The van der Waals surface area contributed by atoms with Gasteiger partial charge in [0.05, 0.1) is 0 Å². The number of hydrogen-bond donors (Lipinski definition) is 1. The molecule has 0 aliphatic carbocycles. The number of nitrogens with zero attached hydrogens (tertiary/aromatic N) is 1. The van der Waals surface area contributed by atoms with Crippen LogP contribution in [-0.4, -0.2) is 48.6 Å². The molecule has 1 heterocycles. The molecule has 1 fully saturated rings. The zero-order valence-corrected chi connectivity index (χ0v) is 12.2. The maximum absolute atomic E-state index is 3.64. The maximum atomic E-state index is 3.64. The van der Waals surface area contributed by atoms with Gasteiger partial charge >= 0.3 is 0 Å². The number of piperidine rings is 1. The van der Waals surface area contributed by atoms with Crippen molar-refractivity contribution in [1.29, 1.82) is 0 Å². The predicted molar refractivity (Wildman–Crippen MR) is 75.3 cm³/mol. The molecule has 1 N–H and O–H groups in total. The normalized spacial score (nSPS) is 23.6. The lowest BCUT2D eigenvalue weighted by molar-refractivity contribution is 0.175. The number of rotatable bonds is 5. The molecule has 96 valence electrons. The van der Waals surface area contributed by atoms with Gasteiger partial charge in [0.15, 0.2) is 0 Å². The Morgan fingerprint density at radius 1 is 1.38 bits per heavy atom. The van der Waals surface area contributed by atoms with Crippen LogP contribution in [0.2, 0.25) is 0 Å². The topological polar surface area (TPSA) is 15.3 Å². The Bertz CT molecular complexity index is 189. The molecule has 0 amide bonds. The molecule has 2 nitrogen and oxygen atoms in total. The van der Waals surface area contributed by atoms with Crippen molar-refractivity contribution in [3.8, 4) is 0 Å². The van der Waals surface area contributed by atoms with Crippen LogP contribution in [-0.2, 0) is 0 Å². The van der Waals surface area contributed by atoms with Crippen LogP contribution < -0.4 is 5.32 Å². The Kier molecular flexibility index (Phi) is 6.16. The van der Waals surface area contributed by atoms with E-state index in [2.05, 4.69) is 37.2 Å². The smallest absolute Gasteiger partial charge is 0.00966 e. The highest BCUT2D eigenvalue weighted by Gasteiger charge is 2.20. The molecular formula is C13H28N2S. The number of thioether (sulfide) groups is 1. The van der Waals surface area contributed by atoms with E-state index >= 15 is 0 Å². The molecule has 0 aromatic heterocycles. The molecule has 3 heteroatoms. The predicted octanol–water partition coefficient (Wildman–Crippen LogP) is 2.45. The van der Waals surface area contributed by atoms with Crippen LogP contribution in [0.5, 0.6) is 0 Å². The van der Waals surface area contributed by atoms with Crippen molar-refractivity contribution < 1.29 is 0 Å². The number of nitrogens with one attached hydrogen (secondary N) is 1. The summed E-state index contributed by atoms with van der Waals surface area (Å²) in [5.74, 6) is 2.13. The van der Waals surface area contributed by atoms with Crippen LogP contribution in [0.3, 0.4) is 0 Å². The fraction of sp³-hybridized carbons (Fsp3) is 1.00. The second kappa shape index (κ2) is 6.87. The summed E-state index contributed by atoms with van der Waals surface area (Å²) in [5.41, 5.74) is 0.265. The summed E-state index contributed by atoms with van der Waals surface area (Å²) in [7, 11) is 0. The second-order valence-corrected chi connectivity index (χ2v) is 6.92. The molecule has 0 bridgehead atoms. The first-order valence-electron chi connectivity index (χ1n) is 6.47. The fourth-order valence-electron chi connectivity index (χ4n) is 2.19. The van der Waals surface area contributed by atoms with E-state index in [4.69, 9.17) is 0 Å². The molecule has 1 saturated heterocycles. The lowest BCUT2D eigenvalue weighted by atomic mass is 9.96. The second-order valence-electron chi connectivity index (χ2n) is 5.93. The van der Waals surface area contributed by atoms with Gasteiger partial charge in [-0.2, -0.15) is 11.8 Å². The molecule has 1 rings (SSSR count). The van der Waals surface area contributed by atoms with Crippen LogP contribution in [0, 0.1) is 5.92 Å². The molecular weight excluding hydrogens is 216 g/mol. The number of likely N-dealkylation sites (tertiary alicyclic amines) is 1. The lowest BCUT2D eigenvalue weighted by Gasteiger charge is -2.34. The highest BCUT2D eigenvalue weighted by atomic mass is 32.2. The Balaban J connectivity index is 2.22.